The molecular weight excluding hydrogens is 391 g/mol. The molecule has 0 bridgehead atoms. The second-order valence-electron chi connectivity index (χ2n) is 6.59. The van der Waals surface area contributed by atoms with E-state index >= 15 is 0 Å². The van der Waals surface area contributed by atoms with Crippen LogP contribution in [-0.4, -0.2) is 31.9 Å². The number of hydrogen-bond acceptors (Lipinski definition) is 4. The Hall–Kier alpha value is -2.45. The van der Waals surface area contributed by atoms with Gasteiger partial charge in [-0.2, -0.15) is 9.49 Å². The summed E-state index contributed by atoms with van der Waals surface area (Å²) in [6.45, 7) is 1.55. The van der Waals surface area contributed by atoms with Gasteiger partial charge in [-0.3, -0.25) is 0 Å². The lowest BCUT2D eigenvalue weighted by Crippen LogP contribution is -2.43. The molecule has 3 aromatic rings. The SMILES string of the molecule is Cn1ncc(C2C=C(Cl)C=CC2(C)S(=O)(=O)n2ccc3cccnc32)c1F. The summed E-state index contributed by atoms with van der Waals surface area (Å²) in [6, 6.07) is 5.19. The number of allylic oxidation sites excluding steroid dienone is 3. The van der Waals surface area contributed by atoms with E-state index in [1.807, 2.05) is 0 Å². The van der Waals surface area contributed by atoms with Gasteiger partial charge < -0.3 is 0 Å². The summed E-state index contributed by atoms with van der Waals surface area (Å²) in [4.78, 5) is 4.20. The van der Waals surface area contributed by atoms with Crippen LogP contribution in [0.15, 0.2) is 60.0 Å². The molecule has 0 aromatic carbocycles. The van der Waals surface area contributed by atoms with Gasteiger partial charge in [-0.05, 0) is 31.2 Å². The molecule has 0 radical (unpaired) electrons. The predicted octanol–water partition coefficient (Wildman–Crippen LogP) is 3.32. The lowest BCUT2D eigenvalue weighted by atomic mass is 9.84. The molecule has 0 fully saturated rings. The van der Waals surface area contributed by atoms with Crippen LogP contribution in [-0.2, 0) is 17.1 Å². The van der Waals surface area contributed by atoms with Crippen LogP contribution in [0.3, 0.4) is 0 Å². The summed E-state index contributed by atoms with van der Waals surface area (Å²) in [6.07, 6.45) is 8.88. The van der Waals surface area contributed by atoms with E-state index in [-0.39, 0.29) is 5.56 Å². The maximum atomic E-state index is 14.6. The van der Waals surface area contributed by atoms with Crippen molar-refractivity contribution in [2.75, 3.05) is 0 Å². The molecular formula is C18H16ClFN4O2S. The second-order valence-corrected chi connectivity index (χ2v) is 9.25. The molecule has 3 heterocycles. The largest absolute Gasteiger partial charge is 0.250 e. The van der Waals surface area contributed by atoms with E-state index in [9.17, 15) is 12.8 Å². The number of nitrogens with zero attached hydrogens (tertiary/aromatic N) is 4. The highest BCUT2D eigenvalue weighted by atomic mass is 35.5. The molecule has 2 atom stereocenters. The maximum Gasteiger partial charge on any atom is 0.250 e. The van der Waals surface area contributed by atoms with Gasteiger partial charge in [0.05, 0.1) is 6.20 Å². The molecule has 0 spiro atoms. The fraction of sp³-hybridized carbons (Fsp3) is 0.222. The topological polar surface area (TPSA) is 69.8 Å². The second kappa shape index (κ2) is 6.03. The van der Waals surface area contributed by atoms with Crippen LogP contribution >= 0.6 is 11.6 Å². The minimum absolute atomic E-state index is 0.162. The molecule has 0 N–H and O–H groups in total. The molecule has 1 aliphatic rings. The Balaban J connectivity index is 1.94. The van der Waals surface area contributed by atoms with Crippen molar-refractivity contribution >= 4 is 32.7 Å². The molecule has 0 amide bonds. The fourth-order valence-electron chi connectivity index (χ4n) is 3.37. The highest BCUT2D eigenvalue weighted by Gasteiger charge is 2.48. The number of aromatic nitrogens is 4. The average Bonchev–Trinajstić information content (AvgIpc) is 3.22. The number of hydrogen-bond donors (Lipinski definition) is 0. The molecule has 0 saturated heterocycles. The molecule has 4 rings (SSSR count). The highest BCUT2D eigenvalue weighted by molar-refractivity contribution is 7.91. The van der Waals surface area contributed by atoms with Crippen molar-refractivity contribution < 1.29 is 12.8 Å². The van der Waals surface area contributed by atoms with E-state index in [0.717, 1.165) is 8.65 Å². The minimum Gasteiger partial charge on any atom is -0.242 e. The first kappa shape index (κ1) is 17.9. The monoisotopic (exact) mass is 406 g/mol. The zero-order valence-electron chi connectivity index (χ0n) is 14.5. The zero-order valence-corrected chi connectivity index (χ0v) is 16.1. The Kier molecular flexibility index (Phi) is 4.01. The number of halogens is 2. The van der Waals surface area contributed by atoms with Gasteiger partial charge in [-0.1, -0.05) is 23.8 Å². The van der Waals surface area contributed by atoms with Gasteiger partial charge in [0.2, 0.25) is 16.0 Å². The molecule has 0 aliphatic heterocycles. The van der Waals surface area contributed by atoms with Crippen molar-refractivity contribution in [1.82, 2.24) is 18.7 Å². The Labute approximate surface area is 160 Å². The summed E-state index contributed by atoms with van der Waals surface area (Å²) in [7, 11) is -2.56. The molecule has 3 aromatic heterocycles. The summed E-state index contributed by atoms with van der Waals surface area (Å²) in [5.41, 5.74) is 0.480. The van der Waals surface area contributed by atoms with Crippen LogP contribution in [0.5, 0.6) is 0 Å². The molecule has 9 heteroatoms. The van der Waals surface area contributed by atoms with Crippen molar-refractivity contribution in [3.05, 3.63) is 71.6 Å². The maximum absolute atomic E-state index is 14.6. The Morgan fingerprint density at radius 1 is 1.33 bits per heavy atom. The Morgan fingerprint density at radius 3 is 2.81 bits per heavy atom. The molecule has 2 unspecified atom stereocenters. The van der Waals surface area contributed by atoms with Crippen LogP contribution < -0.4 is 0 Å². The number of rotatable bonds is 3. The smallest absolute Gasteiger partial charge is 0.242 e. The van der Waals surface area contributed by atoms with E-state index in [2.05, 4.69) is 10.1 Å². The van der Waals surface area contributed by atoms with Gasteiger partial charge in [0.1, 0.15) is 4.75 Å². The third kappa shape index (κ3) is 2.55. The van der Waals surface area contributed by atoms with Gasteiger partial charge in [-0.25, -0.2) is 22.1 Å². The van der Waals surface area contributed by atoms with Crippen LogP contribution in [0.4, 0.5) is 4.39 Å². The third-order valence-corrected chi connectivity index (χ3v) is 7.54. The van der Waals surface area contributed by atoms with Gasteiger partial charge in [0, 0.05) is 41.3 Å². The van der Waals surface area contributed by atoms with Crippen LogP contribution in [0.2, 0.25) is 0 Å². The summed E-state index contributed by atoms with van der Waals surface area (Å²) in [5, 5.41) is 4.94. The Bertz CT molecular complexity index is 1210. The van der Waals surface area contributed by atoms with E-state index in [1.165, 1.54) is 43.9 Å². The lowest BCUT2D eigenvalue weighted by molar-refractivity contribution is 0.479. The van der Waals surface area contributed by atoms with E-state index in [1.54, 1.807) is 25.1 Å². The van der Waals surface area contributed by atoms with Crippen LogP contribution in [0.25, 0.3) is 11.0 Å². The molecule has 0 saturated carbocycles. The van der Waals surface area contributed by atoms with Gasteiger partial charge in [0.25, 0.3) is 0 Å². The molecule has 140 valence electrons. The number of fused-ring (bicyclic) bond motifs is 1. The predicted molar refractivity (Wildman–Crippen MR) is 101 cm³/mol. The fourth-order valence-corrected chi connectivity index (χ4v) is 5.34. The molecule has 6 nitrogen and oxygen atoms in total. The van der Waals surface area contributed by atoms with Crippen LogP contribution in [0, 0.1) is 5.95 Å². The van der Waals surface area contributed by atoms with Crippen molar-refractivity contribution in [1.29, 1.82) is 0 Å². The summed E-state index contributed by atoms with van der Waals surface area (Å²) in [5.74, 6) is -1.46. The van der Waals surface area contributed by atoms with Crippen LogP contribution in [0.1, 0.15) is 18.4 Å². The van der Waals surface area contributed by atoms with Crippen molar-refractivity contribution in [2.45, 2.75) is 17.6 Å². The minimum atomic E-state index is -4.01. The number of aryl methyl sites for hydroxylation is 1. The Morgan fingerprint density at radius 2 is 2.11 bits per heavy atom. The first-order valence-corrected chi connectivity index (χ1v) is 9.98. The van der Waals surface area contributed by atoms with Crippen molar-refractivity contribution in [2.24, 2.45) is 7.05 Å². The quantitative estimate of drug-likeness (QED) is 0.669. The van der Waals surface area contributed by atoms with Crippen molar-refractivity contribution in [3.63, 3.8) is 0 Å². The average molecular weight is 407 g/mol. The van der Waals surface area contributed by atoms with E-state index in [0.29, 0.717) is 16.1 Å². The first-order chi connectivity index (χ1) is 12.8. The third-order valence-electron chi connectivity index (χ3n) is 4.97. The number of pyridine rings is 1. The zero-order chi connectivity index (χ0) is 19.4. The van der Waals surface area contributed by atoms with Gasteiger partial charge in [0.15, 0.2) is 5.65 Å². The van der Waals surface area contributed by atoms with Crippen molar-refractivity contribution in [3.8, 4) is 0 Å². The summed E-state index contributed by atoms with van der Waals surface area (Å²) < 4.78 is 42.6. The van der Waals surface area contributed by atoms with E-state index < -0.39 is 26.6 Å². The van der Waals surface area contributed by atoms with Gasteiger partial charge in [-0.15, -0.1) is 0 Å². The molecule has 27 heavy (non-hydrogen) atoms. The lowest BCUT2D eigenvalue weighted by Gasteiger charge is -2.35. The first-order valence-electron chi connectivity index (χ1n) is 8.17. The highest BCUT2D eigenvalue weighted by Crippen LogP contribution is 2.43. The normalized spacial score (nSPS) is 23.0. The van der Waals surface area contributed by atoms with Gasteiger partial charge >= 0.3 is 0 Å². The summed E-state index contributed by atoms with van der Waals surface area (Å²) >= 11 is 6.13. The standard InChI is InChI=1S/C18H16ClFN4O2S/c1-18(27(25,26)24-9-6-12-4-3-8-21-17(12)24)7-5-13(19)10-15(18)14-11-22-23(2)16(14)20/h3-11,15H,1-2H3. The molecule has 1 aliphatic carbocycles. The van der Waals surface area contributed by atoms with E-state index in [4.69, 9.17) is 11.6 Å².